The Balaban J connectivity index is 1.80. The van der Waals surface area contributed by atoms with Crippen molar-refractivity contribution in [3.63, 3.8) is 0 Å². The van der Waals surface area contributed by atoms with Crippen LogP contribution >= 0.6 is 11.6 Å². The lowest BCUT2D eigenvalue weighted by Crippen LogP contribution is -2.34. The second kappa shape index (κ2) is 4.91. The van der Waals surface area contributed by atoms with Crippen LogP contribution in [0.3, 0.4) is 0 Å². The summed E-state index contributed by atoms with van der Waals surface area (Å²) in [5.41, 5.74) is 1.05. The molecule has 1 N–H and O–H groups in total. The van der Waals surface area contributed by atoms with Gasteiger partial charge in [-0.25, -0.2) is 4.39 Å². The third-order valence-electron chi connectivity index (χ3n) is 3.59. The molecule has 0 heterocycles. The number of halogens is 2. The minimum Gasteiger partial charge on any atom is -0.343 e. The molecular formula is C16H13ClFNO. The van der Waals surface area contributed by atoms with Crippen LogP contribution in [-0.4, -0.2) is 5.91 Å². The van der Waals surface area contributed by atoms with Gasteiger partial charge < -0.3 is 5.32 Å². The van der Waals surface area contributed by atoms with Crippen molar-refractivity contribution in [1.82, 2.24) is 5.32 Å². The predicted octanol–water partition coefficient (Wildman–Crippen LogP) is 3.90. The highest BCUT2D eigenvalue weighted by molar-refractivity contribution is 6.30. The molecule has 2 nitrogen and oxygen atoms in total. The van der Waals surface area contributed by atoms with E-state index in [0.717, 1.165) is 18.4 Å². The minimum absolute atomic E-state index is 0.253. The Bertz CT molecular complexity index is 650. The molecule has 4 heteroatoms. The predicted molar refractivity (Wildman–Crippen MR) is 76.2 cm³/mol. The summed E-state index contributed by atoms with van der Waals surface area (Å²) in [5, 5.41) is 3.67. The third kappa shape index (κ3) is 2.54. The van der Waals surface area contributed by atoms with Crippen molar-refractivity contribution in [2.45, 2.75) is 18.4 Å². The van der Waals surface area contributed by atoms with Gasteiger partial charge in [0.2, 0.25) is 0 Å². The standard InChI is InChI=1S/C16H13ClFNO/c17-13-6-4-12(5-7-13)16(8-9-16)19-15(20)11-2-1-3-14(18)10-11/h1-7,10H,8-9H2,(H,19,20). The third-order valence-corrected chi connectivity index (χ3v) is 3.84. The normalized spacial score (nSPS) is 15.7. The zero-order valence-electron chi connectivity index (χ0n) is 10.7. The number of hydrogen-bond acceptors (Lipinski definition) is 1. The summed E-state index contributed by atoms with van der Waals surface area (Å²) in [6.07, 6.45) is 1.77. The van der Waals surface area contributed by atoms with Gasteiger partial charge in [0.15, 0.2) is 0 Å². The highest BCUT2D eigenvalue weighted by atomic mass is 35.5. The van der Waals surface area contributed by atoms with Gasteiger partial charge in [-0.1, -0.05) is 29.8 Å². The molecule has 3 rings (SSSR count). The van der Waals surface area contributed by atoms with Gasteiger partial charge in [-0.3, -0.25) is 4.79 Å². The van der Waals surface area contributed by atoms with Gasteiger partial charge in [-0.2, -0.15) is 0 Å². The summed E-state index contributed by atoms with van der Waals surface area (Å²) < 4.78 is 13.1. The fraction of sp³-hybridized carbons (Fsp3) is 0.188. The SMILES string of the molecule is O=C(NC1(c2ccc(Cl)cc2)CC1)c1cccc(F)c1. The minimum atomic E-state index is -0.408. The van der Waals surface area contributed by atoms with Crippen molar-refractivity contribution in [2.24, 2.45) is 0 Å². The first-order chi connectivity index (χ1) is 9.59. The first-order valence-corrected chi connectivity index (χ1v) is 6.81. The second-order valence-corrected chi connectivity index (χ2v) is 5.49. The first kappa shape index (κ1) is 13.1. The molecule has 20 heavy (non-hydrogen) atoms. The Morgan fingerprint density at radius 2 is 1.85 bits per heavy atom. The summed E-state index contributed by atoms with van der Waals surface area (Å²) >= 11 is 5.87. The monoisotopic (exact) mass is 289 g/mol. The van der Waals surface area contributed by atoms with Crippen molar-refractivity contribution in [3.8, 4) is 0 Å². The number of carbonyl (C=O) groups is 1. The number of carbonyl (C=O) groups excluding carboxylic acids is 1. The van der Waals surface area contributed by atoms with Gasteiger partial charge in [0.1, 0.15) is 5.82 Å². The van der Waals surface area contributed by atoms with Crippen LogP contribution in [0.2, 0.25) is 5.02 Å². The van der Waals surface area contributed by atoms with Crippen LogP contribution in [0.5, 0.6) is 0 Å². The second-order valence-electron chi connectivity index (χ2n) is 5.05. The average molecular weight is 290 g/mol. The van der Waals surface area contributed by atoms with E-state index in [9.17, 15) is 9.18 Å². The molecular weight excluding hydrogens is 277 g/mol. The Morgan fingerprint density at radius 3 is 2.45 bits per heavy atom. The number of hydrogen-bond donors (Lipinski definition) is 1. The molecule has 1 saturated carbocycles. The van der Waals surface area contributed by atoms with Crippen LogP contribution in [0.1, 0.15) is 28.8 Å². The molecule has 0 atom stereocenters. The van der Waals surface area contributed by atoms with E-state index < -0.39 is 5.82 Å². The summed E-state index contributed by atoms with van der Waals surface area (Å²) in [4.78, 5) is 12.2. The van der Waals surface area contributed by atoms with Crippen molar-refractivity contribution in [3.05, 3.63) is 70.5 Å². The molecule has 2 aromatic rings. The average Bonchev–Trinajstić information content (AvgIpc) is 3.20. The van der Waals surface area contributed by atoms with Gasteiger partial charge in [0.25, 0.3) is 5.91 Å². The van der Waals surface area contributed by atoms with Crippen LogP contribution in [-0.2, 0) is 5.54 Å². The maximum absolute atomic E-state index is 13.1. The van der Waals surface area contributed by atoms with Gasteiger partial charge >= 0.3 is 0 Å². The van der Waals surface area contributed by atoms with E-state index in [1.807, 2.05) is 24.3 Å². The number of rotatable bonds is 3. The first-order valence-electron chi connectivity index (χ1n) is 6.43. The number of benzene rings is 2. The van der Waals surface area contributed by atoms with Crippen LogP contribution in [0, 0.1) is 5.82 Å². The van der Waals surface area contributed by atoms with Crippen LogP contribution in [0.25, 0.3) is 0 Å². The highest BCUT2D eigenvalue weighted by Gasteiger charge is 2.45. The van der Waals surface area contributed by atoms with E-state index in [0.29, 0.717) is 10.6 Å². The molecule has 0 bridgehead atoms. The van der Waals surface area contributed by atoms with Crippen molar-refractivity contribution in [1.29, 1.82) is 0 Å². The Kier molecular flexibility index (Phi) is 3.22. The Labute approximate surface area is 121 Å². The smallest absolute Gasteiger partial charge is 0.252 e. The largest absolute Gasteiger partial charge is 0.343 e. The van der Waals surface area contributed by atoms with Crippen molar-refractivity contribution >= 4 is 17.5 Å². The maximum Gasteiger partial charge on any atom is 0.252 e. The van der Waals surface area contributed by atoms with E-state index >= 15 is 0 Å². The van der Waals surface area contributed by atoms with Crippen LogP contribution < -0.4 is 5.32 Å². The Morgan fingerprint density at radius 1 is 1.15 bits per heavy atom. The van der Waals surface area contributed by atoms with E-state index in [1.165, 1.54) is 18.2 Å². The molecule has 1 aliphatic carbocycles. The van der Waals surface area contributed by atoms with Gasteiger partial charge in [0.05, 0.1) is 5.54 Å². The molecule has 1 fully saturated rings. The fourth-order valence-corrected chi connectivity index (χ4v) is 2.42. The van der Waals surface area contributed by atoms with Gasteiger partial charge in [0, 0.05) is 10.6 Å². The quantitative estimate of drug-likeness (QED) is 0.912. The molecule has 0 radical (unpaired) electrons. The zero-order chi connectivity index (χ0) is 14.2. The van der Waals surface area contributed by atoms with Gasteiger partial charge in [-0.15, -0.1) is 0 Å². The van der Waals surface area contributed by atoms with Gasteiger partial charge in [-0.05, 0) is 48.7 Å². The number of nitrogens with one attached hydrogen (secondary N) is 1. The van der Waals surface area contributed by atoms with Crippen molar-refractivity contribution in [2.75, 3.05) is 0 Å². The van der Waals surface area contributed by atoms with E-state index in [4.69, 9.17) is 11.6 Å². The molecule has 102 valence electrons. The van der Waals surface area contributed by atoms with Crippen molar-refractivity contribution < 1.29 is 9.18 Å². The zero-order valence-corrected chi connectivity index (χ0v) is 11.5. The number of amides is 1. The molecule has 1 amide bonds. The van der Waals surface area contributed by atoms with E-state index in [1.54, 1.807) is 6.07 Å². The van der Waals surface area contributed by atoms with Crippen LogP contribution in [0.4, 0.5) is 4.39 Å². The highest BCUT2D eigenvalue weighted by Crippen LogP contribution is 2.45. The molecule has 0 aromatic heterocycles. The lowest BCUT2D eigenvalue weighted by atomic mass is 10.0. The topological polar surface area (TPSA) is 29.1 Å². The lowest BCUT2D eigenvalue weighted by molar-refractivity contribution is 0.0930. The van der Waals surface area contributed by atoms with E-state index in [-0.39, 0.29) is 11.4 Å². The molecule has 2 aromatic carbocycles. The molecule has 0 unspecified atom stereocenters. The summed E-state index contributed by atoms with van der Waals surface area (Å²) in [7, 11) is 0. The lowest BCUT2D eigenvalue weighted by Gasteiger charge is -2.18. The fourth-order valence-electron chi connectivity index (χ4n) is 2.30. The maximum atomic E-state index is 13.1. The van der Waals surface area contributed by atoms with Crippen LogP contribution in [0.15, 0.2) is 48.5 Å². The molecule has 1 aliphatic rings. The Hall–Kier alpha value is -1.87. The summed E-state index contributed by atoms with van der Waals surface area (Å²) in [6, 6.07) is 13.2. The summed E-state index contributed by atoms with van der Waals surface area (Å²) in [5.74, 6) is -0.661. The summed E-state index contributed by atoms with van der Waals surface area (Å²) in [6.45, 7) is 0. The molecule has 0 saturated heterocycles. The molecule has 0 spiro atoms. The van der Waals surface area contributed by atoms with E-state index in [2.05, 4.69) is 5.32 Å². The molecule has 0 aliphatic heterocycles.